The third-order valence-corrected chi connectivity index (χ3v) is 4.03. The second-order valence-electron chi connectivity index (χ2n) is 4.14. The van der Waals surface area contributed by atoms with E-state index in [9.17, 15) is 4.39 Å². The van der Waals surface area contributed by atoms with Gasteiger partial charge < -0.3 is 4.74 Å². The topological polar surface area (TPSA) is 9.23 Å². The Kier molecular flexibility index (Phi) is 3.40. The molecule has 96 valence electrons. The third-order valence-electron chi connectivity index (χ3n) is 2.71. The maximum absolute atomic E-state index is 13.0. The first-order valence-electron chi connectivity index (χ1n) is 5.77. The van der Waals surface area contributed by atoms with Crippen molar-refractivity contribution in [2.45, 2.75) is 6.61 Å². The summed E-state index contributed by atoms with van der Waals surface area (Å²) in [5.74, 6) is 0.246. The van der Waals surface area contributed by atoms with Crippen LogP contribution in [0.2, 0.25) is 5.02 Å². The van der Waals surface area contributed by atoms with E-state index in [1.807, 2.05) is 24.3 Å². The van der Waals surface area contributed by atoms with Gasteiger partial charge in [-0.2, -0.15) is 0 Å². The van der Waals surface area contributed by atoms with E-state index in [4.69, 9.17) is 16.3 Å². The smallest absolute Gasteiger partial charge is 0.126 e. The minimum Gasteiger partial charge on any atom is -0.488 e. The number of benzene rings is 2. The van der Waals surface area contributed by atoms with Crippen LogP contribution in [-0.4, -0.2) is 0 Å². The Morgan fingerprint density at radius 3 is 2.84 bits per heavy atom. The van der Waals surface area contributed by atoms with Crippen LogP contribution >= 0.6 is 22.9 Å². The van der Waals surface area contributed by atoms with Crippen molar-refractivity contribution >= 4 is 33.0 Å². The summed E-state index contributed by atoms with van der Waals surface area (Å²) in [6, 6.07) is 14.0. The molecule has 0 radical (unpaired) electrons. The Morgan fingerprint density at radius 2 is 2.00 bits per heavy atom. The zero-order chi connectivity index (χ0) is 13.2. The fraction of sp³-hybridized carbons (Fsp3) is 0.0667. The van der Waals surface area contributed by atoms with Crippen LogP contribution in [0.1, 0.15) is 4.88 Å². The van der Waals surface area contributed by atoms with Gasteiger partial charge in [0.25, 0.3) is 0 Å². The van der Waals surface area contributed by atoms with Crippen LogP contribution in [0, 0.1) is 5.82 Å². The average Bonchev–Trinajstić information content (AvgIpc) is 2.78. The Bertz CT molecular complexity index is 723. The molecule has 0 saturated carbocycles. The lowest BCUT2D eigenvalue weighted by Gasteiger charge is -2.03. The fourth-order valence-electron chi connectivity index (χ4n) is 1.85. The van der Waals surface area contributed by atoms with Crippen molar-refractivity contribution in [3.63, 3.8) is 0 Å². The number of rotatable bonds is 3. The van der Waals surface area contributed by atoms with Gasteiger partial charge in [-0.05, 0) is 41.8 Å². The maximum Gasteiger partial charge on any atom is 0.126 e. The quantitative estimate of drug-likeness (QED) is 0.639. The predicted octanol–water partition coefficient (Wildman–Crippen LogP) is 5.27. The summed E-state index contributed by atoms with van der Waals surface area (Å²) in [6.07, 6.45) is 0. The summed E-state index contributed by atoms with van der Waals surface area (Å²) in [5.41, 5.74) is 0. The van der Waals surface area contributed by atoms with E-state index in [2.05, 4.69) is 0 Å². The van der Waals surface area contributed by atoms with Crippen molar-refractivity contribution in [1.82, 2.24) is 0 Å². The lowest BCUT2D eigenvalue weighted by Crippen LogP contribution is -1.92. The minimum atomic E-state index is -0.291. The first-order chi connectivity index (χ1) is 9.20. The van der Waals surface area contributed by atoms with E-state index in [-0.39, 0.29) is 5.82 Å². The first-order valence-corrected chi connectivity index (χ1v) is 6.96. The van der Waals surface area contributed by atoms with Crippen molar-refractivity contribution in [1.29, 1.82) is 0 Å². The molecule has 0 aliphatic rings. The van der Waals surface area contributed by atoms with E-state index >= 15 is 0 Å². The van der Waals surface area contributed by atoms with E-state index in [0.717, 1.165) is 15.3 Å². The highest BCUT2D eigenvalue weighted by molar-refractivity contribution is 7.19. The molecule has 1 nitrogen and oxygen atoms in total. The van der Waals surface area contributed by atoms with Gasteiger partial charge in [-0.25, -0.2) is 4.39 Å². The Hall–Kier alpha value is -1.58. The molecule has 0 fully saturated rings. The number of hydrogen-bond donors (Lipinski definition) is 0. The zero-order valence-electron chi connectivity index (χ0n) is 9.90. The summed E-state index contributed by atoms with van der Waals surface area (Å²) >= 11 is 7.60. The van der Waals surface area contributed by atoms with E-state index < -0.39 is 0 Å². The molecule has 0 atom stereocenters. The molecule has 0 aliphatic heterocycles. The van der Waals surface area contributed by atoms with Crippen LogP contribution in [0.25, 0.3) is 10.1 Å². The molecule has 0 N–H and O–H groups in total. The summed E-state index contributed by atoms with van der Waals surface area (Å²) in [4.78, 5) is 1.08. The molecule has 3 rings (SSSR count). The predicted molar refractivity (Wildman–Crippen MR) is 77.6 cm³/mol. The van der Waals surface area contributed by atoms with E-state index in [1.165, 1.54) is 16.8 Å². The van der Waals surface area contributed by atoms with Gasteiger partial charge in [0.2, 0.25) is 0 Å². The molecular weight excluding hydrogens is 283 g/mol. The molecule has 2 aromatic carbocycles. The van der Waals surface area contributed by atoms with Crippen molar-refractivity contribution in [2.75, 3.05) is 0 Å². The van der Waals surface area contributed by atoms with Gasteiger partial charge in [-0.1, -0.05) is 17.7 Å². The van der Waals surface area contributed by atoms with Crippen LogP contribution in [0.4, 0.5) is 4.39 Å². The van der Waals surface area contributed by atoms with Gasteiger partial charge >= 0.3 is 0 Å². The van der Waals surface area contributed by atoms with Crippen LogP contribution < -0.4 is 4.74 Å². The van der Waals surface area contributed by atoms with Crippen LogP contribution in [0.3, 0.4) is 0 Å². The SMILES string of the molecule is Fc1cccc(OCc2cc3cc(Cl)ccc3s2)c1. The van der Waals surface area contributed by atoms with E-state index in [0.29, 0.717) is 12.4 Å². The van der Waals surface area contributed by atoms with Crippen molar-refractivity contribution in [3.8, 4) is 5.75 Å². The number of ether oxygens (including phenoxy) is 1. The highest BCUT2D eigenvalue weighted by atomic mass is 35.5. The number of fused-ring (bicyclic) bond motifs is 1. The molecule has 0 spiro atoms. The largest absolute Gasteiger partial charge is 0.488 e. The average molecular weight is 293 g/mol. The number of halogens is 2. The van der Waals surface area contributed by atoms with Gasteiger partial charge in [0.1, 0.15) is 18.2 Å². The maximum atomic E-state index is 13.0. The highest BCUT2D eigenvalue weighted by Gasteiger charge is 2.04. The normalized spacial score (nSPS) is 10.8. The molecular formula is C15H10ClFOS. The third kappa shape index (κ3) is 2.88. The zero-order valence-corrected chi connectivity index (χ0v) is 11.5. The Balaban J connectivity index is 1.78. The van der Waals surface area contributed by atoms with Gasteiger partial charge in [0, 0.05) is 20.7 Å². The van der Waals surface area contributed by atoms with Crippen molar-refractivity contribution in [3.05, 3.63) is 64.2 Å². The van der Waals surface area contributed by atoms with Gasteiger partial charge in [0.05, 0.1) is 0 Å². The van der Waals surface area contributed by atoms with Crippen LogP contribution in [0.5, 0.6) is 5.75 Å². The summed E-state index contributed by atoms with van der Waals surface area (Å²) in [7, 11) is 0. The van der Waals surface area contributed by atoms with Crippen molar-refractivity contribution in [2.24, 2.45) is 0 Å². The molecule has 4 heteroatoms. The molecule has 0 aliphatic carbocycles. The van der Waals surface area contributed by atoms with Crippen LogP contribution in [-0.2, 0) is 6.61 Å². The van der Waals surface area contributed by atoms with E-state index in [1.54, 1.807) is 23.5 Å². The molecule has 0 bridgehead atoms. The first kappa shape index (κ1) is 12.5. The number of hydrogen-bond acceptors (Lipinski definition) is 2. The van der Waals surface area contributed by atoms with Crippen molar-refractivity contribution < 1.29 is 9.13 Å². The van der Waals surface area contributed by atoms with Crippen LogP contribution in [0.15, 0.2) is 48.5 Å². The standard InChI is InChI=1S/C15H10ClFOS/c16-11-4-5-15-10(6-11)7-14(19-15)9-18-13-3-1-2-12(17)8-13/h1-8H,9H2. The van der Waals surface area contributed by atoms with Gasteiger partial charge in [-0.15, -0.1) is 11.3 Å². The lowest BCUT2D eigenvalue weighted by atomic mass is 10.2. The summed E-state index contributed by atoms with van der Waals surface area (Å²) in [6.45, 7) is 0.431. The molecule has 1 aromatic heterocycles. The summed E-state index contributed by atoms with van der Waals surface area (Å²) < 4.78 is 19.8. The highest BCUT2D eigenvalue weighted by Crippen LogP contribution is 2.28. The minimum absolute atomic E-state index is 0.291. The fourth-order valence-corrected chi connectivity index (χ4v) is 2.99. The lowest BCUT2D eigenvalue weighted by molar-refractivity contribution is 0.308. The Morgan fingerprint density at radius 1 is 1.11 bits per heavy atom. The van der Waals surface area contributed by atoms with Gasteiger partial charge in [-0.3, -0.25) is 0 Å². The molecule has 0 unspecified atom stereocenters. The molecule has 0 saturated heterocycles. The van der Waals surface area contributed by atoms with Gasteiger partial charge in [0.15, 0.2) is 0 Å². The Labute approximate surface area is 119 Å². The molecule has 0 amide bonds. The summed E-state index contributed by atoms with van der Waals surface area (Å²) in [5, 5.41) is 1.83. The molecule has 3 aromatic rings. The molecule has 19 heavy (non-hydrogen) atoms. The monoisotopic (exact) mass is 292 g/mol. The molecule has 1 heterocycles. The number of thiophene rings is 1. The second kappa shape index (κ2) is 5.19. The second-order valence-corrected chi connectivity index (χ2v) is 5.75.